The van der Waals surface area contributed by atoms with Crippen LogP contribution >= 0.6 is 0 Å². The second-order valence-electron chi connectivity index (χ2n) is 2.00. The second kappa shape index (κ2) is 4.62. The van der Waals surface area contributed by atoms with Crippen molar-refractivity contribution >= 4 is 0 Å². The van der Waals surface area contributed by atoms with Crippen molar-refractivity contribution in [2.24, 2.45) is 5.73 Å². The first kappa shape index (κ1) is 8.76. The molecule has 0 rings (SSSR count). The topological polar surface area (TPSA) is 26.0 Å². The van der Waals surface area contributed by atoms with Crippen molar-refractivity contribution in [1.82, 2.24) is 0 Å². The summed E-state index contributed by atoms with van der Waals surface area (Å²) in [7, 11) is 0. The van der Waals surface area contributed by atoms with Crippen LogP contribution in [-0.4, -0.2) is 0 Å². The molecular weight excluding hydrogens is 122 g/mol. The molecule has 1 nitrogen and oxygen atoms in total. The Morgan fingerprint density at radius 3 is 2.40 bits per heavy atom. The van der Waals surface area contributed by atoms with Crippen molar-refractivity contribution in [3.63, 3.8) is 0 Å². The number of rotatable bonds is 3. The molecule has 0 radical (unpaired) electrons. The zero-order valence-corrected chi connectivity index (χ0v) is 6.30. The summed E-state index contributed by atoms with van der Waals surface area (Å²) in [6.45, 7) is 9.20. The number of allylic oxidation sites excluding steroid dienone is 5. The molecule has 0 aliphatic heterocycles. The molecule has 1 heteroatoms. The van der Waals surface area contributed by atoms with Crippen LogP contribution in [0.2, 0.25) is 0 Å². The molecule has 0 amide bonds. The average molecular weight is 135 g/mol. The van der Waals surface area contributed by atoms with Gasteiger partial charge >= 0.3 is 0 Å². The molecule has 0 unspecified atom stereocenters. The van der Waals surface area contributed by atoms with E-state index in [9.17, 15) is 0 Å². The lowest BCUT2D eigenvalue weighted by atomic mass is 10.1. The van der Waals surface area contributed by atoms with Crippen LogP contribution in [0.15, 0.2) is 48.7 Å². The smallest absolute Gasteiger partial charge is 0.00139 e. The Hall–Kier alpha value is -1.24. The molecule has 0 saturated heterocycles. The Labute approximate surface area is 62.2 Å². The van der Waals surface area contributed by atoms with Crippen LogP contribution in [-0.2, 0) is 0 Å². The third kappa shape index (κ3) is 2.92. The lowest BCUT2D eigenvalue weighted by Crippen LogP contribution is -1.85. The molecule has 0 fully saturated rings. The van der Waals surface area contributed by atoms with Gasteiger partial charge in [-0.1, -0.05) is 31.4 Å². The first-order valence-electron chi connectivity index (χ1n) is 3.09. The largest absolute Gasteiger partial charge is 0.404 e. The van der Waals surface area contributed by atoms with Gasteiger partial charge in [0.25, 0.3) is 0 Å². The highest BCUT2D eigenvalue weighted by molar-refractivity contribution is 5.36. The zero-order chi connectivity index (χ0) is 7.98. The Bertz CT molecular complexity index is 185. The minimum Gasteiger partial charge on any atom is -0.404 e. The molecule has 0 aliphatic carbocycles. The van der Waals surface area contributed by atoms with E-state index in [0.717, 1.165) is 11.1 Å². The molecule has 0 saturated carbocycles. The fourth-order valence-corrected chi connectivity index (χ4v) is 0.512. The highest BCUT2D eigenvalue weighted by Gasteiger charge is 1.87. The van der Waals surface area contributed by atoms with Crippen LogP contribution in [0.25, 0.3) is 0 Å². The van der Waals surface area contributed by atoms with Gasteiger partial charge in [-0.2, -0.15) is 0 Å². The predicted molar refractivity (Wildman–Crippen MR) is 46.4 cm³/mol. The van der Waals surface area contributed by atoms with E-state index < -0.39 is 0 Å². The molecule has 0 spiro atoms. The summed E-state index contributed by atoms with van der Waals surface area (Å²) in [5, 5.41) is 0. The molecule has 0 aromatic carbocycles. The van der Waals surface area contributed by atoms with Gasteiger partial charge in [-0.25, -0.2) is 0 Å². The molecule has 2 N–H and O–H groups in total. The van der Waals surface area contributed by atoms with E-state index >= 15 is 0 Å². The maximum atomic E-state index is 5.31. The summed E-state index contributed by atoms with van der Waals surface area (Å²) in [5.41, 5.74) is 7.21. The van der Waals surface area contributed by atoms with E-state index in [2.05, 4.69) is 13.2 Å². The molecule has 10 heavy (non-hydrogen) atoms. The Kier molecular flexibility index (Phi) is 4.05. The van der Waals surface area contributed by atoms with Gasteiger partial charge in [0.2, 0.25) is 0 Å². The van der Waals surface area contributed by atoms with Gasteiger partial charge < -0.3 is 5.73 Å². The summed E-state index contributed by atoms with van der Waals surface area (Å²) >= 11 is 0. The fraction of sp³-hybridized carbons (Fsp3) is 0.111. The van der Waals surface area contributed by atoms with Crippen LogP contribution < -0.4 is 5.73 Å². The first-order chi connectivity index (χ1) is 4.72. The number of hydrogen-bond donors (Lipinski definition) is 1. The van der Waals surface area contributed by atoms with E-state index in [1.165, 1.54) is 6.20 Å². The monoisotopic (exact) mass is 135 g/mol. The van der Waals surface area contributed by atoms with Crippen LogP contribution in [0.1, 0.15) is 6.92 Å². The standard InChI is InChI=1S/C9H13N/c1-4-5-6-9(7-10)8(2)3/h4-7H,1-2,10H2,3H3/b6-5-,9-7-. The molecule has 0 bridgehead atoms. The first-order valence-corrected chi connectivity index (χ1v) is 3.09. The second-order valence-corrected chi connectivity index (χ2v) is 2.00. The molecule has 0 atom stereocenters. The van der Waals surface area contributed by atoms with Crippen molar-refractivity contribution < 1.29 is 0 Å². The summed E-state index contributed by atoms with van der Waals surface area (Å²) in [5.74, 6) is 0. The van der Waals surface area contributed by atoms with Crippen molar-refractivity contribution in [3.05, 3.63) is 48.7 Å². The van der Waals surface area contributed by atoms with Gasteiger partial charge in [0.1, 0.15) is 0 Å². The highest BCUT2D eigenvalue weighted by atomic mass is 14.5. The molecule has 0 heterocycles. The minimum absolute atomic E-state index is 0.944. The van der Waals surface area contributed by atoms with Gasteiger partial charge in [-0.3, -0.25) is 0 Å². The van der Waals surface area contributed by atoms with E-state index in [-0.39, 0.29) is 0 Å². The van der Waals surface area contributed by atoms with Gasteiger partial charge in [0.05, 0.1) is 0 Å². The average Bonchev–Trinajstić information content (AvgIpc) is 1.89. The molecule has 0 aromatic heterocycles. The van der Waals surface area contributed by atoms with Crippen molar-refractivity contribution in [1.29, 1.82) is 0 Å². The van der Waals surface area contributed by atoms with Crippen molar-refractivity contribution in [3.8, 4) is 0 Å². The zero-order valence-electron chi connectivity index (χ0n) is 6.30. The summed E-state index contributed by atoms with van der Waals surface area (Å²) in [4.78, 5) is 0. The van der Waals surface area contributed by atoms with Crippen LogP contribution in [0.3, 0.4) is 0 Å². The van der Waals surface area contributed by atoms with E-state index in [4.69, 9.17) is 5.73 Å². The van der Waals surface area contributed by atoms with E-state index in [1.807, 2.05) is 19.1 Å². The maximum absolute atomic E-state index is 5.31. The molecular formula is C9H13N. The van der Waals surface area contributed by atoms with Crippen LogP contribution in [0.4, 0.5) is 0 Å². The predicted octanol–water partition coefficient (Wildman–Crippen LogP) is 2.15. The SMILES string of the molecule is C=C/C=C\C(=C\N)C(=C)C. The van der Waals surface area contributed by atoms with E-state index in [0.29, 0.717) is 0 Å². The Balaban J connectivity index is 4.25. The van der Waals surface area contributed by atoms with Gasteiger partial charge in [-0.15, -0.1) is 0 Å². The Morgan fingerprint density at radius 1 is 1.50 bits per heavy atom. The fourth-order valence-electron chi connectivity index (χ4n) is 0.512. The van der Waals surface area contributed by atoms with E-state index in [1.54, 1.807) is 6.08 Å². The molecule has 0 aromatic rings. The van der Waals surface area contributed by atoms with Gasteiger partial charge in [0.15, 0.2) is 0 Å². The number of nitrogens with two attached hydrogens (primary N) is 1. The maximum Gasteiger partial charge on any atom is 0.00139 e. The van der Waals surface area contributed by atoms with Crippen molar-refractivity contribution in [2.75, 3.05) is 0 Å². The van der Waals surface area contributed by atoms with Crippen molar-refractivity contribution in [2.45, 2.75) is 6.92 Å². The number of hydrogen-bond acceptors (Lipinski definition) is 1. The summed E-state index contributed by atoms with van der Waals surface area (Å²) in [6.07, 6.45) is 6.93. The Morgan fingerprint density at radius 2 is 2.10 bits per heavy atom. The molecule has 54 valence electrons. The summed E-state index contributed by atoms with van der Waals surface area (Å²) in [6, 6.07) is 0. The quantitative estimate of drug-likeness (QED) is 0.589. The van der Waals surface area contributed by atoms with Crippen LogP contribution in [0, 0.1) is 0 Å². The lowest BCUT2D eigenvalue weighted by molar-refractivity contribution is 1.40. The third-order valence-corrected chi connectivity index (χ3v) is 1.08. The normalized spacial score (nSPS) is 11.9. The minimum atomic E-state index is 0.944. The van der Waals surface area contributed by atoms with Gasteiger partial charge in [-0.05, 0) is 18.1 Å². The van der Waals surface area contributed by atoms with Gasteiger partial charge in [0, 0.05) is 6.20 Å². The highest BCUT2D eigenvalue weighted by Crippen LogP contribution is 2.05. The van der Waals surface area contributed by atoms with Crippen LogP contribution in [0.5, 0.6) is 0 Å². The third-order valence-electron chi connectivity index (χ3n) is 1.08. The molecule has 0 aliphatic rings. The summed E-state index contributed by atoms with van der Waals surface area (Å²) < 4.78 is 0. The lowest BCUT2D eigenvalue weighted by Gasteiger charge is -1.95.